The lowest BCUT2D eigenvalue weighted by Gasteiger charge is -2.19. The van der Waals surface area contributed by atoms with E-state index in [1.165, 1.54) is 11.6 Å². The molecule has 194 valence electrons. The van der Waals surface area contributed by atoms with Crippen molar-refractivity contribution in [1.82, 2.24) is 15.8 Å². The van der Waals surface area contributed by atoms with Crippen molar-refractivity contribution < 1.29 is 19.5 Å². The highest BCUT2D eigenvalue weighted by atomic mass is 16.5. The average Bonchev–Trinajstić information content (AvgIpc) is 2.93. The van der Waals surface area contributed by atoms with Crippen molar-refractivity contribution >= 4 is 28.8 Å². The molecule has 0 atom stereocenters. The molecule has 0 aliphatic carbocycles. The molecule has 4 aromatic rings. The maximum atomic E-state index is 13.0. The third kappa shape index (κ3) is 6.83. The minimum absolute atomic E-state index is 0.0838. The van der Waals surface area contributed by atoms with Crippen molar-refractivity contribution in [2.75, 3.05) is 0 Å². The fraction of sp³-hybridized carbons (Fsp3) is 0.194. The minimum atomic E-state index is -0.606. The van der Waals surface area contributed by atoms with Crippen molar-refractivity contribution in [3.8, 4) is 5.75 Å². The van der Waals surface area contributed by atoms with Crippen LogP contribution in [0.4, 0.5) is 0 Å². The molecule has 38 heavy (non-hydrogen) atoms. The average molecular weight is 510 g/mol. The first-order valence-electron chi connectivity index (χ1n) is 12.3. The molecule has 0 saturated heterocycles. The lowest BCUT2D eigenvalue weighted by Crippen LogP contribution is -2.24. The summed E-state index contributed by atoms with van der Waals surface area (Å²) in [5.74, 6) is -0.312. The Morgan fingerprint density at radius 3 is 2.32 bits per heavy atom. The van der Waals surface area contributed by atoms with Gasteiger partial charge in [-0.3, -0.25) is 14.8 Å². The molecule has 0 aliphatic rings. The smallest absolute Gasteiger partial charge is 0.270 e. The molecule has 0 radical (unpaired) electrons. The van der Waals surface area contributed by atoms with Crippen molar-refractivity contribution in [3.05, 3.63) is 113 Å². The van der Waals surface area contributed by atoms with E-state index in [2.05, 4.69) is 55.3 Å². The second kappa shape index (κ2) is 11.7. The van der Waals surface area contributed by atoms with E-state index in [0.717, 1.165) is 22.1 Å². The van der Waals surface area contributed by atoms with Gasteiger partial charge in [0.25, 0.3) is 11.8 Å². The predicted octanol–water partition coefficient (Wildman–Crippen LogP) is 5.56. The lowest BCUT2D eigenvalue weighted by molar-refractivity contribution is -0.124. The van der Waals surface area contributed by atoms with Gasteiger partial charge in [0.05, 0.1) is 5.52 Å². The summed E-state index contributed by atoms with van der Waals surface area (Å²) < 4.78 is 6.17. The van der Waals surface area contributed by atoms with Gasteiger partial charge >= 0.3 is 0 Å². The van der Waals surface area contributed by atoms with Crippen LogP contribution in [-0.2, 0) is 23.4 Å². The molecule has 3 aromatic carbocycles. The third-order valence-corrected chi connectivity index (χ3v) is 6.10. The van der Waals surface area contributed by atoms with Crippen molar-refractivity contribution in [1.29, 1.82) is 0 Å². The zero-order valence-corrected chi connectivity index (χ0v) is 21.7. The summed E-state index contributed by atoms with van der Waals surface area (Å²) in [5, 5.41) is 12.3. The molecule has 3 N–H and O–H groups in total. The zero-order valence-electron chi connectivity index (χ0n) is 21.7. The summed E-state index contributed by atoms with van der Waals surface area (Å²) in [6.45, 7) is 7.24. The number of carbonyl (C=O) groups is 2. The summed E-state index contributed by atoms with van der Waals surface area (Å²) >= 11 is 0. The second-order valence-electron chi connectivity index (χ2n) is 9.99. The van der Waals surface area contributed by atoms with Crippen LogP contribution >= 0.6 is 0 Å². The minimum Gasteiger partial charge on any atom is -0.488 e. The van der Waals surface area contributed by atoms with Crippen LogP contribution in [0.1, 0.15) is 53.5 Å². The Balaban J connectivity index is 1.45. The van der Waals surface area contributed by atoms with Gasteiger partial charge in [-0.1, -0.05) is 81.4 Å². The lowest BCUT2D eigenvalue weighted by atomic mass is 9.87. The number of hydroxylamine groups is 1. The number of fused-ring (bicyclic) bond motifs is 1. The van der Waals surface area contributed by atoms with Gasteiger partial charge < -0.3 is 10.1 Å². The van der Waals surface area contributed by atoms with Crippen LogP contribution < -0.4 is 15.5 Å². The Morgan fingerprint density at radius 1 is 0.947 bits per heavy atom. The van der Waals surface area contributed by atoms with E-state index in [0.29, 0.717) is 24.4 Å². The Hall–Kier alpha value is -4.49. The van der Waals surface area contributed by atoms with Crippen LogP contribution in [0, 0.1) is 0 Å². The van der Waals surface area contributed by atoms with Crippen molar-refractivity contribution in [2.45, 2.75) is 39.3 Å². The Bertz CT molecular complexity index is 1450. The number of hydrogen-bond acceptors (Lipinski definition) is 5. The molecule has 0 aliphatic heterocycles. The molecule has 1 heterocycles. The first kappa shape index (κ1) is 26.6. The molecule has 0 unspecified atom stereocenters. The maximum Gasteiger partial charge on any atom is 0.270 e. The van der Waals surface area contributed by atoms with E-state index >= 15 is 0 Å². The molecule has 4 rings (SSSR count). The number of pyridine rings is 1. The van der Waals surface area contributed by atoms with Crippen LogP contribution in [0.5, 0.6) is 5.75 Å². The molecule has 7 nitrogen and oxygen atoms in total. The largest absolute Gasteiger partial charge is 0.488 e. The standard InChI is InChI=1S/C31H31N3O4/c1-31(2,3)24-15-12-23(13-16-24)20-38-28-18-27(33-26-7-5-4-6-25(26)28)30(36)32-19-22-10-8-21(9-11-22)14-17-29(35)34-37/h4-18,37H,19-20H2,1-3H3,(H,32,36)(H,34,35)/b17-14+. The first-order chi connectivity index (χ1) is 18.2. The third-order valence-electron chi connectivity index (χ3n) is 6.10. The predicted molar refractivity (Wildman–Crippen MR) is 148 cm³/mol. The SMILES string of the molecule is CC(C)(C)c1ccc(COc2cc(C(=O)NCc3ccc(/C=C/C(=O)NO)cc3)nc3ccccc23)cc1. The van der Waals surface area contributed by atoms with Crippen LogP contribution in [0.15, 0.2) is 84.9 Å². The van der Waals surface area contributed by atoms with E-state index < -0.39 is 5.91 Å². The molecule has 1 aromatic heterocycles. The fourth-order valence-corrected chi connectivity index (χ4v) is 3.87. The molecule has 0 spiro atoms. The molecule has 7 heteroatoms. The van der Waals surface area contributed by atoms with Gasteiger partial charge in [0.15, 0.2) is 0 Å². The molecule has 2 amide bonds. The summed E-state index contributed by atoms with van der Waals surface area (Å²) in [4.78, 5) is 28.7. The highest BCUT2D eigenvalue weighted by Gasteiger charge is 2.15. The topological polar surface area (TPSA) is 101 Å². The fourth-order valence-electron chi connectivity index (χ4n) is 3.87. The Labute approximate surface area is 222 Å². The number of para-hydroxylation sites is 1. The van der Waals surface area contributed by atoms with E-state index in [1.54, 1.807) is 17.6 Å². The van der Waals surface area contributed by atoms with Gasteiger partial charge in [-0.25, -0.2) is 10.5 Å². The van der Waals surface area contributed by atoms with Gasteiger partial charge in [0.1, 0.15) is 18.1 Å². The van der Waals surface area contributed by atoms with Crippen LogP contribution in [0.3, 0.4) is 0 Å². The summed E-state index contributed by atoms with van der Waals surface area (Å²) in [6, 6.07) is 25.0. The first-order valence-corrected chi connectivity index (χ1v) is 12.3. The quantitative estimate of drug-likeness (QED) is 0.164. The number of nitrogens with one attached hydrogen (secondary N) is 2. The van der Waals surface area contributed by atoms with Crippen LogP contribution in [0.25, 0.3) is 17.0 Å². The number of amides is 2. The van der Waals surface area contributed by atoms with E-state index in [-0.39, 0.29) is 17.0 Å². The zero-order chi connectivity index (χ0) is 27.1. The van der Waals surface area contributed by atoms with E-state index in [4.69, 9.17) is 9.94 Å². The molecule has 0 fully saturated rings. The van der Waals surface area contributed by atoms with Crippen molar-refractivity contribution in [3.63, 3.8) is 0 Å². The monoisotopic (exact) mass is 509 g/mol. The van der Waals surface area contributed by atoms with Gasteiger partial charge in [-0.15, -0.1) is 0 Å². The Kier molecular flexibility index (Phi) is 8.19. The summed E-state index contributed by atoms with van der Waals surface area (Å²) in [5.41, 5.74) is 6.56. The number of rotatable bonds is 8. The molecular weight excluding hydrogens is 478 g/mol. The maximum absolute atomic E-state index is 13.0. The number of aromatic nitrogens is 1. The normalized spacial score (nSPS) is 11.5. The highest BCUT2D eigenvalue weighted by Crippen LogP contribution is 2.27. The highest BCUT2D eigenvalue weighted by molar-refractivity contribution is 5.97. The van der Waals surface area contributed by atoms with Crippen molar-refractivity contribution in [2.24, 2.45) is 0 Å². The van der Waals surface area contributed by atoms with Gasteiger partial charge in [-0.05, 0) is 45.9 Å². The van der Waals surface area contributed by atoms with Crippen LogP contribution in [0.2, 0.25) is 0 Å². The number of hydrogen-bond donors (Lipinski definition) is 3. The number of nitrogens with zero attached hydrogens (tertiary/aromatic N) is 1. The van der Waals surface area contributed by atoms with Gasteiger partial charge in [0, 0.05) is 24.1 Å². The summed E-state index contributed by atoms with van der Waals surface area (Å²) in [6.07, 6.45) is 2.80. The summed E-state index contributed by atoms with van der Waals surface area (Å²) in [7, 11) is 0. The number of carbonyl (C=O) groups excluding carboxylic acids is 2. The molecule has 0 bridgehead atoms. The van der Waals surface area contributed by atoms with E-state index in [1.807, 2.05) is 48.5 Å². The van der Waals surface area contributed by atoms with Gasteiger partial charge in [0.2, 0.25) is 0 Å². The van der Waals surface area contributed by atoms with Gasteiger partial charge in [-0.2, -0.15) is 0 Å². The Morgan fingerprint density at radius 2 is 1.63 bits per heavy atom. The number of benzene rings is 3. The molecule has 0 saturated carbocycles. The van der Waals surface area contributed by atoms with Crippen LogP contribution in [-0.4, -0.2) is 22.0 Å². The van der Waals surface area contributed by atoms with E-state index in [9.17, 15) is 9.59 Å². The molecular formula is C31H31N3O4. The second-order valence-corrected chi connectivity index (χ2v) is 9.99. The number of ether oxygens (including phenoxy) is 1.